The van der Waals surface area contributed by atoms with E-state index in [0.717, 1.165) is 14.7 Å². The van der Waals surface area contributed by atoms with Crippen LogP contribution in [0.4, 0.5) is 8.78 Å². The van der Waals surface area contributed by atoms with E-state index in [2.05, 4.69) is 15.9 Å². The molecule has 1 nitrogen and oxygen atoms in total. The number of benzene rings is 1. The maximum absolute atomic E-state index is 13.6. The van der Waals surface area contributed by atoms with E-state index in [9.17, 15) is 8.78 Å². The Morgan fingerprint density at radius 1 is 1.24 bits per heavy atom. The zero-order valence-electron chi connectivity index (χ0n) is 9.01. The van der Waals surface area contributed by atoms with Crippen LogP contribution in [-0.2, 0) is 0 Å². The molecule has 2 aromatic rings. The molecule has 0 aliphatic rings. The van der Waals surface area contributed by atoms with Crippen LogP contribution < -0.4 is 5.73 Å². The minimum absolute atomic E-state index is 0.318. The van der Waals surface area contributed by atoms with Gasteiger partial charge >= 0.3 is 0 Å². The maximum atomic E-state index is 13.6. The first kappa shape index (κ1) is 12.7. The molecule has 0 aliphatic carbocycles. The molecule has 17 heavy (non-hydrogen) atoms. The van der Waals surface area contributed by atoms with Crippen LogP contribution in [0.25, 0.3) is 0 Å². The summed E-state index contributed by atoms with van der Waals surface area (Å²) in [6, 6.07) is 5.47. The largest absolute Gasteiger partial charge is 0.320 e. The SMILES string of the molecule is Cc1cc(C(N)c2ccc(Br)s2)c(F)cc1F. The smallest absolute Gasteiger partial charge is 0.131 e. The van der Waals surface area contributed by atoms with Crippen LogP contribution in [0.3, 0.4) is 0 Å². The molecule has 1 aromatic carbocycles. The lowest BCUT2D eigenvalue weighted by molar-refractivity contribution is 0.561. The molecule has 0 amide bonds. The molecule has 1 unspecified atom stereocenters. The highest BCUT2D eigenvalue weighted by molar-refractivity contribution is 9.11. The van der Waals surface area contributed by atoms with Gasteiger partial charge in [0, 0.05) is 16.5 Å². The van der Waals surface area contributed by atoms with Crippen molar-refractivity contribution in [3.05, 3.63) is 55.7 Å². The minimum Gasteiger partial charge on any atom is -0.320 e. The summed E-state index contributed by atoms with van der Waals surface area (Å²) in [4.78, 5) is 0.835. The molecule has 1 heterocycles. The molecule has 0 radical (unpaired) electrons. The van der Waals surface area contributed by atoms with Gasteiger partial charge in [0.05, 0.1) is 9.83 Å². The number of nitrogens with two attached hydrogens (primary N) is 1. The molecule has 2 N–H and O–H groups in total. The van der Waals surface area contributed by atoms with E-state index in [4.69, 9.17) is 5.73 Å². The molecular formula is C12H10BrF2NS. The minimum atomic E-state index is -0.606. The van der Waals surface area contributed by atoms with E-state index in [1.165, 1.54) is 17.4 Å². The Hall–Kier alpha value is -0.780. The summed E-state index contributed by atoms with van der Waals surface area (Å²) in [6.07, 6.45) is 0. The quantitative estimate of drug-likeness (QED) is 0.884. The first-order valence-electron chi connectivity index (χ1n) is 4.95. The predicted molar refractivity (Wildman–Crippen MR) is 69.1 cm³/mol. The number of rotatable bonds is 2. The fourth-order valence-electron chi connectivity index (χ4n) is 1.57. The number of halogens is 3. The Kier molecular flexibility index (Phi) is 3.61. The molecule has 0 saturated heterocycles. The topological polar surface area (TPSA) is 26.0 Å². The van der Waals surface area contributed by atoms with Gasteiger partial charge in [-0.25, -0.2) is 8.78 Å². The lowest BCUT2D eigenvalue weighted by Gasteiger charge is -2.12. The van der Waals surface area contributed by atoms with Crippen LogP contribution in [0, 0.1) is 18.6 Å². The van der Waals surface area contributed by atoms with Crippen molar-refractivity contribution in [2.24, 2.45) is 5.73 Å². The molecule has 90 valence electrons. The number of hydrogen-bond donors (Lipinski definition) is 1. The van der Waals surface area contributed by atoms with Crippen LogP contribution in [-0.4, -0.2) is 0 Å². The summed E-state index contributed by atoms with van der Waals surface area (Å²) in [5.74, 6) is -1.16. The summed E-state index contributed by atoms with van der Waals surface area (Å²) < 4.78 is 27.7. The first-order chi connectivity index (χ1) is 7.99. The van der Waals surface area contributed by atoms with E-state index >= 15 is 0 Å². The fraction of sp³-hybridized carbons (Fsp3) is 0.167. The molecule has 5 heteroatoms. The van der Waals surface area contributed by atoms with Gasteiger partial charge in [-0.1, -0.05) is 0 Å². The van der Waals surface area contributed by atoms with Crippen LogP contribution in [0.5, 0.6) is 0 Å². The average Bonchev–Trinajstić information content (AvgIpc) is 2.69. The van der Waals surface area contributed by atoms with Gasteiger partial charge in [-0.2, -0.15) is 0 Å². The Morgan fingerprint density at radius 2 is 1.94 bits per heavy atom. The van der Waals surface area contributed by atoms with Gasteiger partial charge in [-0.3, -0.25) is 0 Å². The molecule has 2 rings (SSSR count). The van der Waals surface area contributed by atoms with Gasteiger partial charge in [0.25, 0.3) is 0 Å². The first-order valence-corrected chi connectivity index (χ1v) is 6.56. The van der Waals surface area contributed by atoms with E-state index in [0.29, 0.717) is 11.1 Å². The monoisotopic (exact) mass is 317 g/mol. The zero-order chi connectivity index (χ0) is 12.6. The Bertz CT molecular complexity index is 553. The van der Waals surface area contributed by atoms with Gasteiger partial charge in [0.1, 0.15) is 11.6 Å². The highest BCUT2D eigenvalue weighted by Gasteiger charge is 2.17. The second kappa shape index (κ2) is 4.84. The molecule has 0 aliphatic heterocycles. The van der Waals surface area contributed by atoms with Crippen molar-refractivity contribution in [3.8, 4) is 0 Å². The summed E-state index contributed by atoms with van der Waals surface area (Å²) in [5, 5.41) is 0. The second-order valence-corrected chi connectivity index (χ2v) is 6.24. The van der Waals surface area contributed by atoms with Crippen LogP contribution in [0.1, 0.15) is 22.0 Å². The van der Waals surface area contributed by atoms with Crippen molar-refractivity contribution in [2.45, 2.75) is 13.0 Å². The molecule has 0 fully saturated rings. The third-order valence-electron chi connectivity index (χ3n) is 2.51. The van der Waals surface area contributed by atoms with Gasteiger partial charge in [-0.05, 0) is 46.6 Å². The molecule has 0 bridgehead atoms. The maximum Gasteiger partial charge on any atom is 0.131 e. The van der Waals surface area contributed by atoms with Crippen molar-refractivity contribution in [2.75, 3.05) is 0 Å². The van der Waals surface area contributed by atoms with Crippen molar-refractivity contribution in [1.82, 2.24) is 0 Å². The van der Waals surface area contributed by atoms with E-state index in [-0.39, 0.29) is 0 Å². The molecule has 1 atom stereocenters. The second-order valence-electron chi connectivity index (χ2n) is 3.74. The lowest BCUT2D eigenvalue weighted by atomic mass is 10.0. The molecule has 1 aromatic heterocycles. The van der Waals surface area contributed by atoms with Crippen LogP contribution in [0.2, 0.25) is 0 Å². The van der Waals surface area contributed by atoms with Gasteiger partial charge < -0.3 is 5.73 Å². The summed E-state index contributed by atoms with van der Waals surface area (Å²) >= 11 is 4.77. The van der Waals surface area contributed by atoms with E-state index in [1.807, 2.05) is 12.1 Å². The average molecular weight is 318 g/mol. The highest BCUT2D eigenvalue weighted by Crippen LogP contribution is 2.31. The van der Waals surface area contributed by atoms with Gasteiger partial charge in [0.2, 0.25) is 0 Å². The van der Waals surface area contributed by atoms with Crippen molar-refractivity contribution in [3.63, 3.8) is 0 Å². The number of hydrogen-bond acceptors (Lipinski definition) is 2. The molecular weight excluding hydrogens is 308 g/mol. The Morgan fingerprint density at radius 3 is 2.53 bits per heavy atom. The normalized spacial score (nSPS) is 12.8. The summed E-state index contributed by atoms with van der Waals surface area (Å²) in [6.45, 7) is 1.59. The standard InChI is InChI=1S/C12H10BrF2NS/c1-6-4-7(9(15)5-8(6)14)12(16)10-2-3-11(13)17-10/h2-5,12H,16H2,1H3. The van der Waals surface area contributed by atoms with Crippen LogP contribution in [0.15, 0.2) is 28.1 Å². The Balaban J connectivity index is 2.43. The van der Waals surface area contributed by atoms with Crippen molar-refractivity contribution < 1.29 is 8.78 Å². The number of thiophene rings is 1. The van der Waals surface area contributed by atoms with Gasteiger partial charge in [-0.15, -0.1) is 11.3 Å². The molecule has 0 saturated carbocycles. The van der Waals surface area contributed by atoms with E-state index in [1.54, 1.807) is 6.92 Å². The van der Waals surface area contributed by atoms with Crippen molar-refractivity contribution >= 4 is 27.3 Å². The van der Waals surface area contributed by atoms with Gasteiger partial charge in [0.15, 0.2) is 0 Å². The third kappa shape index (κ3) is 2.56. The van der Waals surface area contributed by atoms with Crippen LogP contribution >= 0.6 is 27.3 Å². The third-order valence-corrected chi connectivity index (χ3v) is 4.22. The molecule has 0 spiro atoms. The summed E-state index contributed by atoms with van der Waals surface area (Å²) in [7, 11) is 0. The van der Waals surface area contributed by atoms with E-state index < -0.39 is 17.7 Å². The summed E-state index contributed by atoms with van der Waals surface area (Å²) in [5.41, 5.74) is 6.69. The highest BCUT2D eigenvalue weighted by atomic mass is 79.9. The van der Waals surface area contributed by atoms with Crippen molar-refractivity contribution in [1.29, 1.82) is 0 Å². The predicted octanol–water partition coefficient (Wildman–Crippen LogP) is 4.15. The lowest BCUT2D eigenvalue weighted by Crippen LogP contribution is -2.13. The fourth-order valence-corrected chi connectivity index (χ4v) is 3.01. The zero-order valence-corrected chi connectivity index (χ0v) is 11.4. The number of aryl methyl sites for hydroxylation is 1. The Labute approximate surface area is 110 Å².